The van der Waals surface area contributed by atoms with Gasteiger partial charge in [0.2, 0.25) is 0 Å². The number of benzene rings is 3. The molecule has 0 aliphatic carbocycles. The molecule has 2 amide bonds. The predicted octanol–water partition coefficient (Wildman–Crippen LogP) is 4.99. The lowest BCUT2D eigenvalue weighted by atomic mass is 9.83. The van der Waals surface area contributed by atoms with Gasteiger partial charge in [0.1, 0.15) is 11.5 Å². The van der Waals surface area contributed by atoms with Crippen LogP contribution >= 0.6 is 0 Å². The van der Waals surface area contributed by atoms with Crippen molar-refractivity contribution in [3.63, 3.8) is 0 Å². The van der Waals surface area contributed by atoms with E-state index in [9.17, 15) is 14.4 Å². The number of carbonyl (C=O) groups excluding carboxylic acids is 2. The molecule has 0 radical (unpaired) electrons. The second-order valence-corrected chi connectivity index (χ2v) is 10.7. The molecule has 0 saturated carbocycles. The lowest BCUT2D eigenvalue weighted by Gasteiger charge is -2.44. The van der Waals surface area contributed by atoms with E-state index < -0.39 is 0 Å². The van der Waals surface area contributed by atoms with Crippen molar-refractivity contribution in [1.29, 1.82) is 0 Å². The van der Waals surface area contributed by atoms with Gasteiger partial charge in [0, 0.05) is 48.4 Å². The van der Waals surface area contributed by atoms with Crippen LogP contribution in [0.4, 0.5) is 17.1 Å². The van der Waals surface area contributed by atoms with E-state index in [1.54, 1.807) is 68.8 Å². The first-order chi connectivity index (χ1) is 20.4. The van der Waals surface area contributed by atoms with Crippen molar-refractivity contribution in [1.82, 2.24) is 4.57 Å². The van der Waals surface area contributed by atoms with Gasteiger partial charge in [0.25, 0.3) is 17.4 Å². The maximum absolute atomic E-state index is 13.4. The van der Waals surface area contributed by atoms with Gasteiger partial charge >= 0.3 is 0 Å². The molecule has 0 unspecified atom stereocenters. The molecule has 0 spiro atoms. The Kier molecular flexibility index (Phi) is 7.39. The van der Waals surface area contributed by atoms with Crippen molar-refractivity contribution in [2.24, 2.45) is 5.92 Å². The fraction of sp³-hybridized carbons (Fsp3) is 0.242. The summed E-state index contributed by atoms with van der Waals surface area (Å²) in [5, 5.41) is 5.97. The first-order valence-electron chi connectivity index (χ1n) is 13.9. The molecule has 2 N–H and O–H groups in total. The van der Waals surface area contributed by atoms with Gasteiger partial charge in [-0.3, -0.25) is 14.4 Å². The lowest BCUT2D eigenvalue weighted by Crippen LogP contribution is -2.47. The molecule has 2 atom stereocenters. The lowest BCUT2D eigenvalue weighted by molar-refractivity contribution is 0.101. The van der Waals surface area contributed by atoms with Gasteiger partial charge in [-0.2, -0.15) is 0 Å². The summed E-state index contributed by atoms with van der Waals surface area (Å²) in [6.07, 6.45) is 1.01. The summed E-state index contributed by atoms with van der Waals surface area (Å²) >= 11 is 0. The van der Waals surface area contributed by atoms with E-state index in [4.69, 9.17) is 9.47 Å². The molecule has 9 nitrogen and oxygen atoms in total. The minimum Gasteiger partial charge on any atom is -0.497 e. The van der Waals surface area contributed by atoms with E-state index >= 15 is 0 Å². The Morgan fingerprint density at radius 2 is 1.50 bits per heavy atom. The van der Waals surface area contributed by atoms with Gasteiger partial charge in [-0.15, -0.1) is 0 Å². The summed E-state index contributed by atoms with van der Waals surface area (Å²) < 4.78 is 12.5. The number of aromatic nitrogens is 1. The highest BCUT2D eigenvalue weighted by atomic mass is 16.5. The first kappa shape index (κ1) is 27.1. The number of pyridine rings is 1. The molecule has 1 aromatic heterocycles. The number of piperidine rings is 1. The van der Waals surface area contributed by atoms with Crippen molar-refractivity contribution >= 4 is 28.9 Å². The van der Waals surface area contributed by atoms with E-state index in [-0.39, 0.29) is 29.2 Å². The number of methoxy groups -OCH3 is 2. The number of nitrogens with zero attached hydrogens (tertiary/aromatic N) is 2. The Bertz CT molecular complexity index is 1700. The number of para-hydroxylation sites is 2. The zero-order valence-electron chi connectivity index (χ0n) is 23.5. The maximum atomic E-state index is 13.4. The average molecular weight is 565 g/mol. The van der Waals surface area contributed by atoms with Gasteiger partial charge in [-0.05, 0) is 73.0 Å². The fourth-order valence-electron chi connectivity index (χ4n) is 6.03. The van der Waals surface area contributed by atoms with E-state index in [0.717, 1.165) is 24.3 Å². The fourth-order valence-corrected chi connectivity index (χ4v) is 6.03. The topological polar surface area (TPSA) is 102 Å². The van der Waals surface area contributed by atoms with E-state index in [2.05, 4.69) is 15.5 Å². The average Bonchev–Trinajstić information content (AvgIpc) is 3.01. The van der Waals surface area contributed by atoms with Gasteiger partial charge in [-0.1, -0.05) is 18.2 Å². The second-order valence-electron chi connectivity index (χ2n) is 10.7. The van der Waals surface area contributed by atoms with Crippen molar-refractivity contribution < 1.29 is 19.1 Å². The molecule has 4 aromatic rings. The number of hydrogen-bond acceptors (Lipinski definition) is 6. The number of rotatable bonds is 7. The summed E-state index contributed by atoms with van der Waals surface area (Å²) in [5.41, 5.74) is 3.85. The van der Waals surface area contributed by atoms with Crippen LogP contribution in [-0.2, 0) is 6.54 Å². The van der Waals surface area contributed by atoms with E-state index in [0.29, 0.717) is 47.1 Å². The van der Waals surface area contributed by atoms with Crippen LogP contribution in [-0.4, -0.2) is 43.7 Å². The number of amides is 2. The molecule has 42 heavy (non-hydrogen) atoms. The summed E-state index contributed by atoms with van der Waals surface area (Å²) in [7, 11) is 3.13. The Morgan fingerprint density at radius 1 is 0.762 bits per heavy atom. The number of nitrogens with one attached hydrogen (secondary N) is 2. The molecule has 9 heteroatoms. The Morgan fingerprint density at radius 3 is 2.29 bits per heavy atom. The van der Waals surface area contributed by atoms with E-state index in [1.165, 1.54) is 0 Å². The molecular formula is C33H32N4O5. The largest absolute Gasteiger partial charge is 0.497 e. The van der Waals surface area contributed by atoms with Gasteiger partial charge in [0.05, 0.1) is 31.3 Å². The third-order valence-electron chi connectivity index (χ3n) is 8.03. The summed E-state index contributed by atoms with van der Waals surface area (Å²) in [6.45, 7) is 2.09. The third-order valence-corrected chi connectivity index (χ3v) is 8.03. The van der Waals surface area contributed by atoms with Gasteiger partial charge < -0.3 is 29.6 Å². The van der Waals surface area contributed by atoms with Crippen molar-refractivity contribution in [3.05, 3.63) is 112 Å². The standard InChI is InChI=1S/C33H32N4O5/c1-41-25-13-10-22(11-14-25)32(39)35-27-17-23(33(40)34-26-6-3-4-8-30(26)42-2)12-15-29(27)36-18-21-16-24(20-36)28-7-5-9-31(38)37(28)19-21/h3-15,17,21,24H,16,18-20H2,1-2H3,(H,34,40)(H,35,39)/t21-,24-/m0/s1. The van der Waals surface area contributed by atoms with Crippen molar-refractivity contribution in [2.45, 2.75) is 18.9 Å². The molecule has 2 aliphatic rings. The second kappa shape index (κ2) is 11.4. The summed E-state index contributed by atoms with van der Waals surface area (Å²) in [6, 6.07) is 24.9. The maximum Gasteiger partial charge on any atom is 0.255 e. The Labute approximate surface area is 243 Å². The molecule has 6 rings (SSSR count). The highest BCUT2D eigenvalue weighted by Crippen LogP contribution is 2.39. The monoisotopic (exact) mass is 564 g/mol. The molecule has 1 saturated heterocycles. The minimum absolute atomic E-state index is 0.0357. The third kappa shape index (κ3) is 5.33. The highest BCUT2D eigenvalue weighted by molar-refractivity contribution is 6.09. The Hall–Kier alpha value is -5.05. The number of anilines is 3. The van der Waals surface area contributed by atoms with E-state index in [1.807, 2.05) is 34.9 Å². The summed E-state index contributed by atoms with van der Waals surface area (Å²) in [5.74, 6) is 1.06. The summed E-state index contributed by atoms with van der Waals surface area (Å²) in [4.78, 5) is 41.5. The van der Waals surface area contributed by atoms with Crippen LogP contribution in [0.3, 0.4) is 0 Å². The SMILES string of the molecule is COc1ccc(C(=O)Nc2cc(C(=O)Nc3ccccc3OC)ccc2N2C[C@@H]3C[C@@H](C2)c2cccc(=O)n2C3)cc1. The molecule has 214 valence electrons. The van der Waals surface area contributed by atoms with Crippen LogP contribution < -0.4 is 30.6 Å². The van der Waals surface area contributed by atoms with Crippen LogP contribution in [0.5, 0.6) is 11.5 Å². The molecule has 3 aromatic carbocycles. The highest BCUT2D eigenvalue weighted by Gasteiger charge is 2.35. The number of carbonyl (C=O) groups is 2. The number of ether oxygens (including phenoxy) is 2. The van der Waals surface area contributed by atoms with Crippen LogP contribution in [0.15, 0.2) is 89.7 Å². The zero-order valence-corrected chi connectivity index (χ0v) is 23.5. The van der Waals surface area contributed by atoms with Crippen LogP contribution in [0.2, 0.25) is 0 Å². The Balaban J connectivity index is 1.33. The van der Waals surface area contributed by atoms with Gasteiger partial charge in [-0.25, -0.2) is 0 Å². The number of hydrogen-bond donors (Lipinski definition) is 2. The molecular weight excluding hydrogens is 532 g/mol. The van der Waals surface area contributed by atoms with Crippen molar-refractivity contribution in [2.75, 3.05) is 42.8 Å². The van der Waals surface area contributed by atoms with Crippen LogP contribution in [0.1, 0.15) is 38.7 Å². The molecule has 1 fully saturated rings. The molecule has 3 heterocycles. The quantitative estimate of drug-likeness (QED) is 0.328. The first-order valence-corrected chi connectivity index (χ1v) is 13.9. The molecule has 2 aliphatic heterocycles. The zero-order chi connectivity index (χ0) is 29.2. The normalized spacial score (nSPS) is 17.1. The predicted molar refractivity (Wildman–Crippen MR) is 162 cm³/mol. The van der Waals surface area contributed by atoms with Crippen molar-refractivity contribution in [3.8, 4) is 11.5 Å². The number of fused-ring (bicyclic) bond motifs is 4. The molecule has 2 bridgehead atoms. The minimum atomic E-state index is -0.324. The smallest absolute Gasteiger partial charge is 0.255 e. The van der Waals surface area contributed by atoms with Gasteiger partial charge in [0.15, 0.2) is 0 Å². The van der Waals surface area contributed by atoms with Crippen LogP contribution in [0, 0.1) is 5.92 Å². The van der Waals surface area contributed by atoms with Crippen LogP contribution in [0.25, 0.3) is 0 Å².